The molecule has 1 atom stereocenters. The normalized spacial score (nSPS) is 11.3. The lowest BCUT2D eigenvalue weighted by atomic mass is 10.4. The zero-order valence-corrected chi connectivity index (χ0v) is 9.82. The molecule has 0 spiro atoms. The molecule has 3 N–H and O–H groups in total. The number of carbonyl (C=O) groups is 1. The van der Waals surface area contributed by atoms with Gasteiger partial charge in [-0.2, -0.15) is 0 Å². The van der Waals surface area contributed by atoms with Crippen molar-refractivity contribution < 1.29 is 19.7 Å². The zero-order chi connectivity index (χ0) is 12.1. The molecule has 0 aliphatic rings. The van der Waals surface area contributed by atoms with Crippen molar-refractivity contribution in [3.8, 4) is 0 Å². The van der Waals surface area contributed by atoms with Crippen molar-refractivity contribution in [2.45, 2.75) is 33.3 Å². The lowest BCUT2D eigenvalue weighted by Gasteiger charge is -2.07. The Bertz CT molecular complexity index is 141. The number of aliphatic hydroxyl groups is 2. The van der Waals surface area contributed by atoms with E-state index in [1.165, 1.54) is 6.92 Å². The highest BCUT2D eigenvalue weighted by atomic mass is 16.5. The van der Waals surface area contributed by atoms with Crippen LogP contribution in [0.5, 0.6) is 0 Å². The molecule has 0 aliphatic carbocycles. The SMILES string of the molecule is CC.CC(=O)NCCCOCC(O)CO. The van der Waals surface area contributed by atoms with Crippen LogP contribution in [0, 0.1) is 0 Å². The van der Waals surface area contributed by atoms with Gasteiger partial charge in [0.15, 0.2) is 0 Å². The molecule has 1 unspecified atom stereocenters. The maximum atomic E-state index is 10.4. The average Bonchev–Trinajstić information content (AvgIpc) is 2.25. The zero-order valence-electron chi connectivity index (χ0n) is 9.82. The fourth-order valence-electron chi connectivity index (χ4n) is 0.711. The predicted octanol–water partition coefficient (Wildman–Crippen LogP) is -0.0914. The van der Waals surface area contributed by atoms with Gasteiger partial charge in [0.2, 0.25) is 5.91 Å². The van der Waals surface area contributed by atoms with E-state index < -0.39 is 6.10 Å². The molecule has 92 valence electrons. The molecule has 0 rings (SSSR count). The number of aliphatic hydroxyl groups excluding tert-OH is 2. The van der Waals surface area contributed by atoms with Crippen LogP contribution in [0.2, 0.25) is 0 Å². The van der Waals surface area contributed by atoms with E-state index in [1.807, 2.05) is 13.8 Å². The first-order valence-electron chi connectivity index (χ1n) is 5.28. The molecule has 0 aromatic rings. The summed E-state index contributed by atoms with van der Waals surface area (Å²) in [5.41, 5.74) is 0. The molecule has 1 amide bonds. The fraction of sp³-hybridized carbons (Fsp3) is 0.900. The third-order valence-electron chi connectivity index (χ3n) is 1.36. The van der Waals surface area contributed by atoms with Crippen molar-refractivity contribution in [1.82, 2.24) is 5.32 Å². The predicted molar refractivity (Wildman–Crippen MR) is 58.6 cm³/mol. The molecule has 0 bridgehead atoms. The second-order valence-corrected chi connectivity index (χ2v) is 2.75. The summed E-state index contributed by atoms with van der Waals surface area (Å²) in [5, 5.41) is 19.9. The van der Waals surface area contributed by atoms with Gasteiger partial charge in [0.25, 0.3) is 0 Å². The second kappa shape index (κ2) is 13.4. The van der Waals surface area contributed by atoms with E-state index in [0.717, 1.165) is 0 Å². The standard InChI is InChI=1S/C8H17NO4.C2H6/c1-7(11)9-3-2-4-13-6-8(12)5-10;1-2/h8,10,12H,2-6H2,1H3,(H,9,11);1-2H3. The van der Waals surface area contributed by atoms with Gasteiger partial charge in [-0.3, -0.25) is 4.79 Å². The molecule has 15 heavy (non-hydrogen) atoms. The van der Waals surface area contributed by atoms with Gasteiger partial charge in [0.1, 0.15) is 6.10 Å². The highest BCUT2D eigenvalue weighted by molar-refractivity contribution is 5.72. The minimum absolute atomic E-state index is 0.0598. The molecular weight excluding hydrogens is 198 g/mol. The summed E-state index contributed by atoms with van der Waals surface area (Å²) < 4.78 is 5.01. The average molecular weight is 221 g/mol. The molecule has 0 radical (unpaired) electrons. The maximum Gasteiger partial charge on any atom is 0.216 e. The number of carbonyl (C=O) groups excluding carboxylic acids is 1. The summed E-state index contributed by atoms with van der Waals surface area (Å²) >= 11 is 0. The first-order valence-corrected chi connectivity index (χ1v) is 5.28. The van der Waals surface area contributed by atoms with Crippen LogP contribution in [-0.2, 0) is 9.53 Å². The number of hydrogen-bond acceptors (Lipinski definition) is 4. The van der Waals surface area contributed by atoms with Crippen molar-refractivity contribution in [1.29, 1.82) is 0 Å². The largest absolute Gasteiger partial charge is 0.394 e. The Hall–Kier alpha value is -0.650. The van der Waals surface area contributed by atoms with Gasteiger partial charge in [-0.1, -0.05) is 13.8 Å². The second-order valence-electron chi connectivity index (χ2n) is 2.75. The Morgan fingerprint density at radius 2 is 2.07 bits per heavy atom. The van der Waals surface area contributed by atoms with Crippen LogP contribution < -0.4 is 5.32 Å². The summed E-state index contributed by atoms with van der Waals surface area (Å²) in [6.45, 7) is 6.35. The van der Waals surface area contributed by atoms with Crippen molar-refractivity contribution in [2.75, 3.05) is 26.4 Å². The fourth-order valence-corrected chi connectivity index (χ4v) is 0.711. The minimum Gasteiger partial charge on any atom is -0.394 e. The molecular formula is C10H23NO4. The lowest BCUT2D eigenvalue weighted by molar-refractivity contribution is -0.119. The van der Waals surface area contributed by atoms with Crippen LogP contribution >= 0.6 is 0 Å². The van der Waals surface area contributed by atoms with Gasteiger partial charge in [-0.25, -0.2) is 0 Å². The molecule has 0 aliphatic heterocycles. The molecule has 0 aromatic carbocycles. The van der Waals surface area contributed by atoms with E-state index in [0.29, 0.717) is 19.6 Å². The number of amides is 1. The summed E-state index contributed by atoms with van der Waals surface area (Å²) in [7, 11) is 0. The summed E-state index contributed by atoms with van der Waals surface area (Å²) in [5.74, 6) is -0.0598. The Balaban J connectivity index is 0. The molecule has 0 heterocycles. The number of hydrogen-bond donors (Lipinski definition) is 3. The Morgan fingerprint density at radius 1 is 1.47 bits per heavy atom. The highest BCUT2D eigenvalue weighted by Crippen LogP contribution is 1.86. The van der Waals surface area contributed by atoms with Gasteiger partial charge in [0, 0.05) is 20.1 Å². The topological polar surface area (TPSA) is 78.8 Å². The Morgan fingerprint density at radius 3 is 2.53 bits per heavy atom. The van der Waals surface area contributed by atoms with E-state index in [-0.39, 0.29) is 19.1 Å². The van der Waals surface area contributed by atoms with Crippen LogP contribution in [0.15, 0.2) is 0 Å². The van der Waals surface area contributed by atoms with Crippen molar-refractivity contribution in [3.63, 3.8) is 0 Å². The third kappa shape index (κ3) is 16.1. The van der Waals surface area contributed by atoms with Crippen molar-refractivity contribution in [3.05, 3.63) is 0 Å². The first-order chi connectivity index (χ1) is 7.16. The van der Waals surface area contributed by atoms with Gasteiger partial charge < -0.3 is 20.3 Å². The van der Waals surface area contributed by atoms with Gasteiger partial charge in [0.05, 0.1) is 13.2 Å². The van der Waals surface area contributed by atoms with Crippen LogP contribution in [0.4, 0.5) is 0 Å². The van der Waals surface area contributed by atoms with Gasteiger partial charge in [-0.05, 0) is 6.42 Å². The Kier molecular flexibility index (Phi) is 14.9. The summed E-state index contributed by atoms with van der Waals surface area (Å²) in [6.07, 6.45) is -0.0988. The van der Waals surface area contributed by atoms with E-state index in [1.54, 1.807) is 0 Å². The van der Waals surface area contributed by atoms with Gasteiger partial charge in [-0.15, -0.1) is 0 Å². The van der Waals surface area contributed by atoms with E-state index in [4.69, 9.17) is 14.9 Å². The molecule has 0 aromatic heterocycles. The highest BCUT2D eigenvalue weighted by Gasteiger charge is 2.00. The summed E-state index contributed by atoms with van der Waals surface area (Å²) in [6, 6.07) is 0. The van der Waals surface area contributed by atoms with E-state index in [9.17, 15) is 4.79 Å². The van der Waals surface area contributed by atoms with E-state index in [2.05, 4.69) is 5.32 Å². The van der Waals surface area contributed by atoms with E-state index >= 15 is 0 Å². The number of ether oxygens (including phenoxy) is 1. The number of nitrogens with one attached hydrogen (secondary N) is 1. The van der Waals surface area contributed by atoms with Crippen LogP contribution in [0.1, 0.15) is 27.2 Å². The minimum atomic E-state index is -0.805. The lowest BCUT2D eigenvalue weighted by Crippen LogP contribution is -2.23. The molecule has 5 nitrogen and oxygen atoms in total. The molecule has 0 saturated heterocycles. The number of rotatable bonds is 7. The summed E-state index contributed by atoms with van der Waals surface area (Å²) in [4.78, 5) is 10.4. The monoisotopic (exact) mass is 221 g/mol. The first kappa shape index (κ1) is 16.8. The quantitative estimate of drug-likeness (QED) is 0.525. The van der Waals surface area contributed by atoms with Crippen LogP contribution in [0.25, 0.3) is 0 Å². The van der Waals surface area contributed by atoms with Gasteiger partial charge >= 0.3 is 0 Å². The van der Waals surface area contributed by atoms with Crippen molar-refractivity contribution >= 4 is 5.91 Å². The van der Waals surface area contributed by atoms with Crippen molar-refractivity contribution in [2.24, 2.45) is 0 Å². The molecule has 0 saturated carbocycles. The third-order valence-corrected chi connectivity index (χ3v) is 1.36. The van der Waals surface area contributed by atoms with Crippen LogP contribution in [-0.4, -0.2) is 48.6 Å². The Labute approximate surface area is 91.4 Å². The smallest absolute Gasteiger partial charge is 0.216 e. The molecule has 0 fully saturated rings. The maximum absolute atomic E-state index is 10.4. The molecule has 5 heteroatoms. The van der Waals surface area contributed by atoms with Crippen LogP contribution in [0.3, 0.4) is 0 Å².